The van der Waals surface area contributed by atoms with Gasteiger partial charge in [-0.05, 0) is 12.1 Å². The van der Waals surface area contributed by atoms with E-state index in [1.165, 1.54) is 0 Å². The van der Waals surface area contributed by atoms with Crippen LogP contribution in [-0.4, -0.2) is 9.97 Å². The number of benzene rings is 1. The van der Waals surface area contributed by atoms with Crippen molar-refractivity contribution in [1.29, 1.82) is 0 Å². The van der Waals surface area contributed by atoms with E-state index >= 15 is 0 Å². The molecule has 0 spiro atoms. The molecule has 1 aromatic heterocycles. The van der Waals surface area contributed by atoms with Crippen molar-refractivity contribution in [2.75, 3.05) is 0 Å². The highest BCUT2D eigenvalue weighted by atomic mass is 32.1. The van der Waals surface area contributed by atoms with E-state index in [1.807, 2.05) is 36.5 Å². The molecule has 2 aromatic rings. The van der Waals surface area contributed by atoms with Crippen molar-refractivity contribution < 1.29 is 4.74 Å². The molecule has 0 radical (unpaired) electrons. The van der Waals surface area contributed by atoms with E-state index < -0.39 is 0 Å². The predicted octanol–water partition coefficient (Wildman–Crippen LogP) is 2.39. The Morgan fingerprint density at radius 1 is 1.33 bits per heavy atom. The van der Waals surface area contributed by atoms with Crippen molar-refractivity contribution in [3.8, 4) is 5.75 Å². The number of fused-ring (bicyclic) bond motifs is 1. The molecule has 4 heteroatoms. The summed E-state index contributed by atoms with van der Waals surface area (Å²) < 4.78 is 5.93. The average Bonchev–Trinajstić information content (AvgIpc) is 2.83. The molecule has 2 heterocycles. The smallest absolute Gasteiger partial charge is 0.129 e. The summed E-state index contributed by atoms with van der Waals surface area (Å²) in [5.41, 5.74) is 8.81. The Morgan fingerprint density at radius 3 is 2.94 bits per heavy atom. The molecule has 3 rings (SSSR count). The summed E-state index contributed by atoms with van der Waals surface area (Å²) in [6.07, 6.45) is 4.38. The first-order chi connectivity index (χ1) is 8.75. The van der Waals surface area contributed by atoms with Crippen LogP contribution in [0.25, 0.3) is 0 Å². The number of hydrogen-bond acceptors (Lipinski definition) is 3. The van der Waals surface area contributed by atoms with Crippen molar-refractivity contribution in [3.63, 3.8) is 0 Å². The second-order valence-corrected chi connectivity index (χ2v) is 4.68. The molecule has 0 bridgehead atoms. The van der Waals surface area contributed by atoms with Gasteiger partial charge in [0.2, 0.25) is 0 Å². The Hall–Kier alpha value is -1.94. The van der Waals surface area contributed by atoms with Gasteiger partial charge in [0.1, 0.15) is 16.8 Å². The summed E-state index contributed by atoms with van der Waals surface area (Å²) in [4.78, 5) is 4.54. The molecule has 0 saturated carbocycles. The Labute approximate surface area is 111 Å². The molecule has 1 aromatic carbocycles. The Morgan fingerprint density at radius 2 is 2.22 bits per heavy atom. The fourth-order valence-corrected chi connectivity index (χ4v) is 2.44. The first kappa shape index (κ1) is 11.2. The van der Waals surface area contributed by atoms with Crippen LogP contribution in [0.5, 0.6) is 5.75 Å². The summed E-state index contributed by atoms with van der Waals surface area (Å²) in [5, 5.41) is 0. The van der Waals surface area contributed by atoms with Crippen molar-refractivity contribution in [1.82, 2.24) is 4.98 Å². The summed E-state index contributed by atoms with van der Waals surface area (Å²) >= 11 is 5.07. The zero-order valence-electron chi connectivity index (χ0n) is 9.67. The average molecular weight is 256 g/mol. The third kappa shape index (κ3) is 1.84. The second-order valence-electron chi connectivity index (χ2n) is 4.24. The lowest BCUT2D eigenvalue weighted by Gasteiger charge is -2.09. The van der Waals surface area contributed by atoms with Crippen LogP contribution in [0.1, 0.15) is 22.8 Å². The highest BCUT2D eigenvalue weighted by molar-refractivity contribution is 7.80. The molecule has 90 valence electrons. The van der Waals surface area contributed by atoms with E-state index in [0.29, 0.717) is 4.99 Å². The van der Waals surface area contributed by atoms with Gasteiger partial charge in [0.15, 0.2) is 0 Å². The highest BCUT2D eigenvalue weighted by Crippen LogP contribution is 2.38. The SMILES string of the molecule is NC(=S)c1cccc2c1CC(c1cccnc1)O2. The Kier molecular flexibility index (Phi) is 2.72. The van der Waals surface area contributed by atoms with Gasteiger partial charge in [-0.3, -0.25) is 4.98 Å². The van der Waals surface area contributed by atoms with E-state index in [0.717, 1.165) is 28.9 Å². The number of nitrogens with two attached hydrogens (primary N) is 1. The number of pyridine rings is 1. The molecule has 0 saturated heterocycles. The van der Waals surface area contributed by atoms with Gasteiger partial charge in [0, 0.05) is 35.5 Å². The van der Waals surface area contributed by atoms with Crippen LogP contribution in [0.2, 0.25) is 0 Å². The molecule has 2 N–H and O–H groups in total. The van der Waals surface area contributed by atoms with Crippen molar-refractivity contribution in [3.05, 3.63) is 59.4 Å². The zero-order chi connectivity index (χ0) is 12.5. The number of nitrogens with zero attached hydrogens (tertiary/aromatic N) is 1. The van der Waals surface area contributed by atoms with Crippen molar-refractivity contribution in [2.45, 2.75) is 12.5 Å². The topological polar surface area (TPSA) is 48.1 Å². The van der Waals surface area contributed by atoms with E-state index in [1.54, 1.807) is 6.20 Å². The molecule has 1 aliphatic rings. The number of rotatable bonds is 2. The minimum absolute atomic E-state index is 0.00389. The lowest BCUT2D eigenvalue weighted by molar-refractivity contribution is 0.238. The fraction of sp³-hybridized carbons (Fsp3) is 0.143. The number of aromatic nitrogens is 1. The molecule has 3 nitrogen and oxygen atoms in total. The summed E-state index contributed by atoms with van der Waals surface area (Å²) in [6.45, 7) is 0. The van der Waals surface area contributed by atoms with Crippen molar-refractivity contribution >= 4 is 17.2 Å². The van der Waals surface area contributed by atoms with Crippen LogP contribution < -0.4 is 10.5 Å². The third-order valence-electron chi connectivity index (χ3n) is 3.11. The van der Waals surface area contributed by atoms with E-state index in [2.05, 4.69) is 4.98 Å². The van der Waals surface area contributed by atoms with Gasteiger partial charge >= 0.3 is 0 Å². The zero-order valence-corrected chi connectivity index (χ0v) is 10.5. The van der Waals surface area contributed by atoms with Crippen LogP contribution in [0.3, 0.4) is 0 Å². The third-order valence-corrected chi connectivity index (χ3v) is 3.33. The van der Waals surface area contributed by atoms with Crippen LogP contribution in [0, 0.1) is 0 Å². The number of thiocarbonyl (C=S) groups is 1. The Bertz CT molecular complexity index is 598. The first-order valence-electron chi connectivity index (χ1n) is 5.74. The van der Waals surface area contributed by atoms with Gasteiger partial charge in [-0.1, -0.05) is 30.4 Å². The fourth-order valence-electron chi connectivity index (χ4n) is 2.25. The van der Waals surface area contributed by atoms with E-state index in [4.69, 9.17) is 22.7 Å². The molecule has 0 aliphatic carbocycles. The summed E-state index contributed by atoms with van der Waals surface area (Å²) in [5.74, 6) is 0.870. The van der Waals surface area contributed by atoms with Gasteiger partial charge in [-0.15, -0.1) is 0 Å². The molecular weight excluding hydrogens is 244 g/mol. The number of ether oxygens (including phenoxy) is 1. The van der Waals surface area contributed by atoms with Crippen molar-refractivity contribution in [2.24, 2.45) is 5.73 Å². The standard InChI is InChI=1S/C14H12N2OS/c15-14(18)10-4-1-5-12-11(10)7-13(17-12)9-3-2-6-16-8-9/h1-6,8,13H,7H2,(H2,15,18). The summed E-state index contributed by atoms with van der Waals surface area (Å²) in [6, 6.07) is 9.74. The van der Waals surface area contributed by atoms with E-state index in [-0.39, 0.29) is 6.10 Å². The molecule has 1 atom stereocenters. The maximum absolute atomic E-state index is 5.93. The quantitative estimate of drug-likeness (QED) is 0.838. The van der Waals surface area contributed by atoms with Crippen LogP contribution in [-0.2, 0) is 6.42 Å². The van der Waals surface area contributed by atoms with Gasteiger partial charge in [-0.2, -0.15) is 0 Å². The minimum atomic E-state index is 0.00389. The van der Waals surface area contributed by atoms with Gasteiger partial charge in [0.25, 0.3) is 0 Å². The molecule has 1 unspecified atom stereocenters. The monoisotopic (exact) mass is 256 g/mol. The largest absolute Gasteiger partial charge is 0.485 e. The summed E-state index contributed by atoms with van der Waals surface area (Å²) in [7, 11) is 0. The molecule has 0 fully saturated rings. The number of hydrogen-bond donors (Lipinski definition) is 1. The normalized spacial score (nSPS) is 17.0. The maximum atomic E-state index is 5.93. The second kappa shape index (κ2) is 4.38. The van der Waals surface area contributed by atoms with Gasteiger partial charge in [-0.25, -0.2) is 0 Å². The predicted molar refractivity (Wildman–Crippen MR) is 73.6 cm³/mol. The molecule has 1 aliphatic heterocycles. The molecule has 0 amide bonds. The Balaban J connectivity index is 1.97. The highest BCUT2D eigenvalue weighted by Gasteiger charge is 2.27. The minimum Gasteiger partial charge on any atom is -0.485 e. The van der Waals surface area contributed by atoms with E-state index in [9.17, 15) is 0 Å². The van der Waals surface area contributed by atoms with Crippen LogP contribution in [0.4, 0.5) is 0 Å². The first-order valence-corrected chi connectivity index (χ1v) is 6.15. The van der Waals surface area contributed by atoms with Crippen LogP contribution in [0.15, 0.2) is 42.7 Å². The molecular formula is C14H12N2OS. The lowest BCUT2D eigenvalue weighted by atomic mass is 10.0. The van der Waals surface area contributed by atoms with Gasteiger partial charge in [0.05, 0.1) is 0 Å². The van der Waals surface area contributed by atoms with Crippen LogP contribution >= 0.6 is 12.2 Å². The lowest BCUT2D eigenvalue weighted by Crippen LogP contribution is -2.11. The molecule has 18 heavy (non-hydrogen) atoms. The van der Waals surface area contributed by atoms with Gasteiger partial charge < -0.3 is 10.5 Å². The maximum Gasteiger partial charge on any atom is 0.129 e.